The first-order chi connectivity index (χ1) is 8.02. The number of anilines is 2. The van der Waals surface area contributed by atoms with Gasteiger partial charge in [-0.25, -0.2) is 9.97 Å². The summed E-state index contributed by atoms with van der Waals surface area (Å²) in [4.78, 5) is 19.0. The Kier molecular flexibility index (Phi) is 4.58. The Morgan fingerprint density at radius 3 is 2.82 bits per heavy atom. The quantitative estimate of drug-likeness (QED) is 0.331. The second-order valence-electron chi connectivity index (χ2n) is 3.95. The molecule has 0 fully saturated rings. The van der Waals surface area contributed by atoms with E-state index in [1.807, 2.05) is 14.1 Å². The maximum absolute atomic E-state index is 10.8. The van der Waals surface area contributed by atoms with Crippen molar-refractivity contribution in [3.8, 4) is 0 Å². The number of rotatable bonds is 6. The molecule has 0 aliphatic heterocycles. The first-order valence-electron chi connectivity index (χ1n) is 5.30. The summed E-state index contributed by atoms with van der Waals surface area (Å²) in [5.41, 5.74) is 5.18. The van der Waals surface area contributed by atoms with Crippen LogP contribution in [0.25, 0.3) is 0 Å². The highest BCUT2D eigenvalue weighted by Crippen LogP contribution is 2.25. The number of quaternary nitrogens is 1. The highest BCUT2D eigenvalue weighted by molar-refractivity contribution is 5.67. The molecule has 4 N–H and O–H groups in total. The van der Waals surface area contributed by atoms with Crippen LogP contribution in [-0.4, -0.2) is 42.1 Å². The van der Waals surface area contributed by atoms with Gasteiger partial charge in [-0.3, -0.25) is 10.1 Å². The molecule has 1 aromatic rings. The summed E-state index contributed by atoms with van der Waals surface area (Å²) in [6.07, 6.45) is 2.10. The van der Waals surface area contributed by atoms with E-state index in [4.69, 9.17) is 5.73 Å². The zero-order chi connectivity index (χ0) is 12.8. The van der Waals surface area contributed by atoms with Crippen LogP contribution in [0.15, 0.2) is 6.33 Å². The lowest BCUT2D eigenvalue weighted by molar-refractivity contribution is -0.858. The van der Waals surface area contributed by atoms with Crippen LogP contribution in [0.1, 0.15) is 6.42 Å². The number of nitro groups is 1. The van der Waals surface area contributed by atoms with Gasteiger partial charge in [0.2, 0.25) is 11.6 Å². The van der Waals surface area contributed by atoms with E-state index in [9.17, 15) is 10.1 Å². The van der Waals surface area contributed by atoms with Gasteiger partial charge in [-0.15, -0.1) is 0 Å². The Bertz CT molecular complexity index is 395. The zero-order valence-electron chi connectivity index (χ0n) is 9.93. The highest BCUT2D eigenvalue weighted by Gasteiger charge is 2.20. The summed E-state index contributed by atoms with van der Waals surface area (Å²) in [6, 6.07) is 0. The molecule has 0 bridgehead atoms. The smallest absolute Gasteiger partial charge is 0.352 e. The van der Waals surface area contributed by atoms with Crippen molar-refractivity contribution in [3.63, 3.8) is 0 Å². The van der Waals surface area contributed by atoms with E-state index in [-0.39, 0.29) is 17.3 Å². The molecule has 0 atom stereocenters. The van der Waals surface area contributed by atoms with Crippen molar-refractivity contribution >= 4 is 17.3 Å². The van der Waals surface area contributed by atoms with E-state index in [2.05, 4.69) is 15.3 Å². The predicted octanol–water partition coefficient (Wildman–Crippen LogP) is -1.09. The Morgan fingerprint density at radius 1 is 1.53 bits per heavy atom. The number of hydrogen-bond acceptors (Lipinski definition) is 6. The number of hydrogen-bond donors (Lipinski definition) is 3. The molecular weight excluding hydrogens is 224 g/mol. The molecule has 0 radical (unpaired) electrons. The van der Waals surface area contributed by atoms with Crippen LogP contribution >= 0.6 is 0 Å². The Hall–Kier alpha value is -1.96. The lowest BCUT2D eigenvalue weighted by Gasteiger charge is -2.08. The van der Waals surface area contributed by atoms with E-state index >= 15 is 0 Å². The van der Waals surface area contributed by atoms with Crippen molar-refractivity contribution in [1.29, 1.82) is 0 Å². The third-order valence-corrected chi connectivity index (χ3v) is 2.18. The van der Waals surface area contributed by atoms with Crippen LogP contribution in [0.3, 0.4) is 0 Å². The summed E-state index contributed by atoms with van der Waals surface area (Å²) >= 11 is 0. The summed E-state index contributed by atoms with van der Waals surface area (Å²) in [6.45, 7) is 1.59. The van der Waals surface area contributed by atoms with E-state index in [1.165, 1.54) is 11.2 Å². The van der Waals surface area contributed by atoms with Crippen LogP contribution in [-0.2, 0) is 0 Å². The van der Waals surface area contributed by atoms with E-state index in [0.29, 0.717) is 6.54 Å². The minimum atomic E-state index is -0.575. The van der Waals surface area contributed by atoms with Gasteiger partial charge < -0.3 is 16.0 Å². The molecule has 8 nitrogen and oxygen atoms in total. The highest BCUT2D eigenvalue weighted by atomic mass is 16.6. The molecule has 0 unspecified atom stereocenters. The minimum absolute atomic E-state index is 0.120. The molecule has 0 saturated heterocycles. The molecule has 1 aromatic heterocycles. The molecule has 94 valence electrons. The minimum Gasteiger partial charge on any atom is -0.378 e. The van der Waals surface area contributed by atoms with Gasteiger partial charge in [0.05, 0.1) is 25.6 Å². The van der Waals surface area contributed by atoms with Crippen LogP contribution in [0.2, 0.25) is 0 Å². The lowest BCUT2D eigenvalue weighted by atomic mass is 10.3. The van der Waals surface area contributed by atoms with Gasteiger partial charge in [0, 0.05) is 13.0 Å². The van der Waals surface area contributed by atoms with Crippen molar-refractivity contribution in [1.82, 2.24) is 9.97 Å². The normalized spacial score (nSPS) is 10.5. The van der Waals surface area contributed by atoms with Crippen LogP contribution < -0.4 is 16.0 Å². The van der Waals surface area contributed by atoms with Crippen molar-refractivity contribution in [2.45, 2.75) is 6.42 Å². The van der Waals surface area contributed by atoms with Gasteiger partial charge in [-0.2, -0.15) is 0 Å². The fraction of sp³-hybridized carbons (Fsp3) is 0.556. The number of nitrogen functional groups attached to an aromatic ring is 1. The van der Waals surface area contributed by atoms with E-state index in [0.717, 1.165) is 13.0 Å². The van der Waals surface area contributed by atoms with Gasteiger partial charge in [0.1, 0.15) is 6.33 Å². The average Bonchev–Trinajstić information content (AvgIpc) is 2.23. The third kappa shape index (κ3) is 3.83. The van der Waals surface area contributed by atoms with Crippen LogP contribution in [0.5, 0.6) is 0 Å². The average molecular weight is 241 g/mol. The van der Waals surface area contributed by atoms with Gasteiger partial charge in [0.15, 0.2) is 0 Å². The number of nitrogens with two attached hydrogens (primary N) is 1. The summed E-state index contributed by atoms with van der Waals surface area (Å²) in [5, 5.41) is 13.7. The van der Waals surface area contributed by atoms with Crippen molar-refractivity contribution in [2.24, 2.45) is 0 Å². The fourth-order valence-corrected chi connectivity index (χ4v) is 1.35. The van der Waals surface area contributed by atoms with Gasteiger partial charge >= 0.3 is 5.69 Å². The molecule has 0 spiro atoms. The third-order valence-electron chi connectivity index (χ3n) is 2.18. The largest absolute Gasteiger partial charge is 0.378 e. The SMILES string of the molecule is C[NH+](C)CCCNc1ncnc(N)c1[N+](=O)[O-]. The zero-order valence-corrected chi connectivity index (χ0v) is 9.93. The second kappa shape index (κ2) is 5.94. The fourth-order valence-electron chi connectivity index (χ4n) is 1.35. The summed E-state index contributed by atoms with van der Waals surface area (Å²) in [5.74, 6) is 0.0574. The van der Waals surface area contributed by atoms with Gasteiger partial charge in [0.25, 0.3) is 0 Å². The maximum atomic E-state index is 10.8. The summed E-state index contributed by atoms with van der Waals surface area (Å²) < 4.78 is 0. The van der Waals surface area contributed by atoms with Gasteiger partial charge in [-0.1, -0.05) is 0 Å². The number of aromatic nitrogens is 2. The topological polar surface area (TPSA) is 111 Å². The lowest BCUT2D eigenvalue weighted by Crippen LogP contribution is -3.05. The molecule has 0 saturated carbocycles. The van der Waals surface area contributed by atoms with E-state index in [1.54, 1.807) is 0 Å². The molecule has 1 heterocycles. The first-order valence-corrected chi connectivity index (χ1v) is 5.30. The van der Waals surface area contributed by atoms with Crippen molar-refractivity contribution in [3.05, 3.63) is 16.4 Å². The monoisotopic (exact) mass is 241 g/mol. The van der Waals surface area contributed by atoms with E-state index < -0.39 is 4.92 Å². The maximum Gasteiger partial charge on any atom is 0.352 e. The molecule has 0 amide bonds. The molecule has 17 heavy (non-hydrogen) atoms. The predicted molar refractivity (Wildman–Crippen MR) is 63.9 cm³/mol. The van der Waals surface area contributed by atoms with Crippen molar-refractivity contribution < 1.29 is 9.82 Å². The second-order valence-corrected chi connectivity index (χ2v) is 3.95. The van der Waals surface area contributed by atoms with Crippen LogP contribution in [0.4, 0.5) is 17.3 Å². The Morgan fingerprint density at radius 2 is 2.24 bits per heavy atom. The molecule has 0 aliphatic carbocycles. The van der Waals surface area contributed by atoms with Crippen LogP contribution in [0, 0.1) is 10.1 Å². The molecule has 0 aliphatic rings. The number of nitrogens with zero attached hydrogens (tertiary/aromatic N) is 3. The molecule has 1 rings (SSSR count). The number of nitrogens with one attached hydrogen (secondary N) is 2. The Labute approximate surface area is 99.0 Å². The van der Waals surface area contributed by atoms with Crippen molar-refractivity contribution in [2.75, 3.05) is 38.2 Å². The standard InChI is InChI=1S/C9H16N6O2/c1-14(2)5-3-4-11-9-7(15(16)17)8(10)12-6-13-9/h6H,3-5H2,1-2H3,(H3,10,11,12,13)/p+1. The first kappa shape index (κ1) is 13.1. The summed E-state index contributed by atoms with van der Waals surface area (Å²) in [7, 11) is 4.09. The molecular formula is C9H17N6O2+. The van der Waals surface area contributed by atoms with Gasteiger partial charge in [-0.05, 0) is 0 Å². The molecule has 0 aromatic carbocycles. The Balaban J connectivity index is 2.64. The molecule has 8 heteroatoms.